The molecule has 2 atom stereocenters. The standard InChI is InChI=1S/C7H15FN2/c1-2-3-10-4-6(8)7(9)5-10/h6-7H,2-5,9H2,1H3. The molecule has 0 amide bonds. The SMILES string of the molecule is CCCN1CC(N)C(F)C1. The first-order valence-electron chi connectivity index (χ1n) is 3.86. The summed E-state index contributed by atoms with van der Waals surface area (Å²) < 4.78 is 12.7. The van der Waals surface area contributed by atoms with Gasteiger partial charge in [-0.05, 0) is 13.0 Å². The Morgan fingerprint density at radius 3 is 2.70 bits per heavy atom. The smallest absolute Gasteiger partial charge is 0.129 e. The zero-order chi connectivity index (χ0) is 7.56. The van der Waals surface area contributed by atoms with Gasteiger partial charge in [0.15, 0.2) is 0 Å². The minimum absolute atomic E-state index is 0.244. The molecule has 1 heterocycles. The van der Waals surface area contributed by atoms with Gasteiger partial charge in [-0.25, -0.2) is 4.39 Å². The van der Waals surface area contributed by atoms with Crippen LogP contribution in [0.3, 0.4) is 0 Å². The summed E-state index contributed by atoms with van der Waals surface area (Å²) in [6, 6.07) is -0.244. The molecule has 0 saturated carbocycles. The molecule has 10 heavy (non-hydrogen) atoms. The summed E-state index contributed by atoms with van der Waals surface area (Å²) >= 11 is 0. The van der Waals surface area contributed by atoms with Crippen LogP contribution >= 0.6 is 0 Å². The fraction of sp³-hybridized carbons (Fsp3) is 1.00. The van der Waals surface area contributed by atoms with Gasteiger partial charge in [0.25, 0.3) is 0 Å². The van der Waals surface area contributed by atoms with Crippen molar-refractivity contribution in [2.24, 2.45) is 5.73 Å². The number of nitrogens with two attached hydrogens (primary N) is 1. The molecule has 1 aliphatic rings. The Morgan fingerprint density at radius 2 is 2.30 bits per heavy atom. The van der Waals surface area contributed by atoms with Crippen LogP contribution in [0.5, 0.6) is 0 Å². The van der Waals surface area contributed by atoms with Gasteiger partial charge in [0, 0.05) is 19.1 Å². The Labute approximate surface area is 61.2 Å². The second kappa shape index (κ2) is 3.30. The van der Waals surface area contributed by atoms with Crippen molar-refractivity contribution in [1.82, 2.24) is 4.90 Å². The van der Waals surface area contributed by atoms with Gasteiger partial charge in [0.1, 0.15) is 6.17 Å². The molecular formula is C7H15FN2. The van der Waals surface area contributed by atoms with E-state index in [1.165, 1.54) is 0 Å². The van der Waals surface area contributed by atoms with Gasteiger partial charge in [0.05, 0.1) is 0 Å². The van der Waals surface area contributed by atoms with Crippen LogP contribution in [0, 0.1) is 0 Å². The summed E-state index contributed by atoms with van der Waals surface area (Å²) in [7, 11) is 0. The third kappa shape index (κ3) is 1.67. The van der Waals surface area contributed by atoms with E-state index in [2.05, 4.69) is 11.8 Å². The fourth-order valence-corrected chi connectivity index (χ4v) is 1.37. The second-order valence-corrected chi connectivity index (χ2v) is 2.94. The van der Waals surface area contributed by atoms with Gasteiger partial charge < -0.3 is 5.73 Å². The zero-order valence-corrected chi connectivity index (χ0v) is 6.39. The van der Waals surface area contributed by atoms with Crippen molar-refractivity contribution in [3.05, 3.63) is 0 Å². The van der Waals surface area contributed by atoms with E-state index < -0.39 is 6.17 Å². The predicted molar refractivity (Wildman–Crippen MR) is 39.6 cm³/mol. The first-order valence-corrected chi connectivity index (χ1v) is 3.86. The molecule has 2 N–H and O–H groups in total. The Bertz CT molecular complexity index is 97.8. The van der Waals surface area contributed by atoms with Gasteiger partial charge in [0.2, 0.25) is 0 Å². The minimum atomic E-state index is -0.799. The lowest BCUT2D eigenvalue weighted by molar-refractivity contribution is 0.285. The molecule has 1 saturated heterocycles. The number of nitrogens with zero attached hydrogens (tertiary/aromatic N) is 1. The van der Waals surface area contributed by atoms with Crippen LogP contribution in [-0.4, -0.2) is 36.7 Å². The average molecular weight is 146 g/mol. The summed E-state index contributed by atoms with van der Waals surface area (Å²) in [5.74, 6) is 0. The predicted octanol–water partition coefficient (Wildman–Crippen LogP) is 0.377. The number of halogens is 1. The molecule has 0 aromatic rings. The van der Waals surface area contributed by atoms with E-state index in [9.17, 15) is 4.39 Å². The molecule has 0 spiro atoms. The minimum Gasteiger partial charge on any atom is -0.324 e. The molecule has 0 aromatic carbocycles. The highest BCUT2D eigenvalue weighted by Gasteiger charge is 2.28. The van der Waals surface area contributed by atoms with Crippen molar-refractivity contribution in [1.29, 1.82) is 0 Å². The normalized spacial score (nSPS) is 35.1. The first-order chi connectivity index (χ1) is 4.74. The van der Waals surface area contributed by atoms with Gasteiger partial charge >= 0.3 is 0 Å². The van der Waals surface area contributed by atoms with E-state index in [-0.39, 0.29) is 6.04 Å². The number of likely N-dealkylation sites (tertiary alicyclic amines) is 1. The maximum Gasteiger partial charge on any atom is 0.129 e. The molecule has 1 fully saturated rings. The Balaban J connectivity index is 2.27. The second-order valence-electron chi connectivity index (χ2n) is 2.94. The highest BCUT2D eigenvalue weighted by atomic mass is 19.1. The maximum absolute atomic E-state index is 12.7. The van der Waals surface area contributed by atoms with Crippen LogP contribution in [0.25, 0.3) is 0 Å². The maximum atomic E-state index is 12.7. The summed E-state index contributed by atoms with van der Waals surface area (Å²) in [6.45, 7) is 4.34. The van der Waals surface area contributed by atoms with Crippen LogP contribution < -0.4 is 5.73 Å². The largest absolute Gasteiger partial charge is 0.324 e. The quantitative estimate of drug-likeness (QED) is 0.610. The molecule has 0 radical (unpaired) electrons. The summed E-state index contributed by atoms with van der Waals surface area (Å²) in [6.07, 6.45) is 0.283. The molecule has 2 unspecified atom stereocenters. The van der Waals surface area contributed by atoms with Crippen LogP contribution in [0.2, 0.25) is 0 Å². The van der Waals surface area contributed by atoms with Crippen LogP contribution in [0.1, 0.15) is 13.3 Å². The monoisotopic (exact) mass is 146 g/mol. The summed E-state index contributed by atoms with van der Waals surface area (Å²) in [5.41, 5.74) is 5.48. The third-order valence-corrected chi connectivity index (χ3v) is 1.91. The highest BCUT2D eigenvalue weighted by molar-refractivity contribution is 4.86. The number of hydrogen-bond donors (Lipinski definition) is 1. The highest BCUT2D eigenvalue weighted by Crippen LogP contribution is 2.11. The lowest BCUT2D eigenvalue weighted by Crippen LogP contribution is -2.30. The van der Waals surface area contributed by atoms with E-state index in [0.717, 1.165) is 19.5 Å². The van der Waals surface area contributed by atoms with Crippen molar-refractivity contribution in [3.8, 4) is 0 Å². The molecular weight excluding hydrogens is 131 g/mol. The number of hydrogen-bond acceptors (Lipinski definition) is 2. The molecule has 0 aliphatic carbocycles. The Kier molecular flexibility index (Phi) is 2.63. The van der Waals surface area contributed by atoms with Crippen LogP contribution in [0.15, 0.2) is 0 Å². The van der Waals surface area contributed by atoms with Gasteiger partial charge in [-0.3, -0.25) is 4.90 Å². The molecule has 2 nitrogen and oxygen atoms in total. The van der Waals surface area contributed by atoms with E-state index in [1.807, 2.05) is 0 Å². The van der Waals surface area contributed by atoms with Crippen molar-refractivity contribution >= 4 is 0 Å². The van der Waals surface area contributed by atoms with Crippen molar-refractivity contribution in [3.63, 3.8) is 0 Å². The van der Waals surface area contributed by atoms with Crippen molar-refractivity contribution in [2.45, 2.75) is 25.6 Å². The Hall–Kier alpha value is -0.150. The molecule has 0 aromatic heterocycles. The zero-order valence-electron chi connectivity index (χ0n) is 6.39. The van der Waals surface area contributed by atoms with E-state index >= 15 is 0 Å². The average Bonchev–Trinajstić information content (AvgIpc) is 2.14. The number of rotatable bonds is 2. The van der Waals surface area contributed by atoms with Crippen LogP contribution in [0.4, 0.5) is 4.39 Å². The first kappa shape index (κ1) is 7.95. The fourth-order valence-electron chi connectivity index (χ4n) is 1.37. The third-order valence-electron chi connectivity index (χ3n) is 1.91. The summed E-state index contributed by atoms with van der Waals surface area (Å²) in [4.78, 5) is 2.08. The number of alkyl halides is 1. The van der Waals surface area contributed by atoms with Gasteiger partial charge in [-0.2, -0.15) is 0 Å². The topological polar surface area (TPSA) is 29.3 Å². The molecule has 0 bridgehead atoms. The van der Waals surface area contributed by atoms with E-state index in [1.54, 1.807) is 0 Å². The lowest BCUT2D eigenvalue weighted by atomic mass is 10.3. The summed E-state index contributed by atoms with van der Waals surface area (Å²) in [5, 5.41) is 0. The Morgan fingerprint density at radius 1 is 1.60 bits per heavy atom. The van der Waals surface area contributed by atoms with E-state index in [4.69, 9.17) is 5.73 Å². The van der Waals surface area contributed by atoms with Crippen molar-refractivity contribution < 1.29 is 4.39 Å². The molecule has 1 aliphatic heterocycles. The molecule has 3 heteroatoms. The van der Waals surface area contributed by atoms with Crippen LogP contribution in [-0.2, 0) is 0 Å². The molecule has 60 valence electrons. The van der Waals surface area contributed by atoms with E-state index in [0.29, 0.717) is 6.54 Å². The van der Waals surface area contributed by atoms with Gasteiger partial charge in [-0.1, -0.05) is 6.92 Å². The lowest BCUT2D eigenvalue weighted by Gasteiger charge is -2.11. The van der Waals surface area contributed by atoms with Gasteiger partial charge in [-0.15, -0.1) is 0 Å². The molecule has 1 rings (SSSR count). The van der Waals surface area contributed by atoms with Crippen molar-refractivity contribution in [2.75, 3.05) is 19.6 Å².